The number of hydrogen-bond acceptors (Lipinski definition) is 4. The lowest BCUT2D eigenvalue weighted by Crippen LogP contribution is -2.45. The van der Waals surface area contributed by atoms with E-state index in [1.165, 1.54) is 64.6 Å². The number of methoxy groups -OCH3 is 2. The number of likely N-dealkylation sites (tertiary alicyclic amines) is 2. The Morgan fingerprint density at radius 2 is 1.77 bits per heavy atom. The fourth-order valence-corrected chi connectivity index (χ4v) is 5.08. The van der Waals surface area contributed by atoms with Crippen LogP contribution in [0, 0.1) is 5.41 Å². The van der Waals surface area contributed by atoms with Crippen LogP contribution in [0.3, 0.4) is 0 Å². The van der Waals surface area contributed by atoms with Crippen LogP contribution >= 0.6 is 0 Å². The first-order chi connectivity index (χ1) is 10.8. The average Bonchev–Trinajstić information content (AvgIpc) is 3.16. The van der Waals surface area contributed by atoms with Crippen LogP contribution in [0.5, 0.6) is 0 Å². The van der Waals surface area contributed by atoms with Crippen molar-refractivity contribution in [3.63, 3.8) is 0 Å². The molecule has 4 nitrogen and oxygen atoms in total. The number of nitrogens with zero attached hydrogens (tertiary/aromatic N) is 2. The lowest BCUT2D eigenvalue weighted by molar-refractivity contribution is 0.0734. The maximum absolute atomic E-state index is 5.48. The first-order valence-electron chi connectivity index (χ1n) is 9.22. The summed E-state index contributed by atoms with van der Waals surface area (Å²) in [7, 11) is 3.64. The molecule has 2 aliphatic heterocycles. The maximum Gasteiger partial charge on any atom is 0.0618 e. The number of ether oxygens (including phenoxy) is 2. The molecule has 0 aromatic carbocycles. The molecular formula is C18H34N2O2. The molecular weight excluding hydrogens is 276 g/mol. The second-order valence-electron chi connectivity index (χ2n) is 7.75. The minimum Gasteiger partial charge on any atom is -0.383 e. The highest BCUT2D eigenvalue weighted by Crippen LogP contribution is 2.44. The van der Waals surface area contributed by atoms with E-state index in [0.29, 0.717) is 11.5 Å². The largest absolute Gasteiger partial charge is 0.383 e. The molecule has 0 radical (unpaired) electrons. The number of hydrogen-bond donors (Lipinski definition) is 0. The van der Waals surface area contributed by atoms with Gasteiger partial charge in [0.2, 0.25) is 0 Å². The van der Waals surface area contributed by atoms with Gasteiger partial charge in [-0.05, 0) is 50.6 Å². The Hall–Kier alpha value is -0.160. The predicted octanol–water partition coefficient (Wildman–Crippen LogP) is 2.38. The summed E-state index contributed by atoms with van der Waals surface area (Å²) < 4.78 is 10.8. The van der Waals surface area contributed by atoms with E-state index in [2.05, 4.69) is 9.80 Å². The Labute approximate surface area is 136 Å². The highest BCUT2D eigenvalue weighted by Gasteiger charge is 2.45. The molecule has 1 atom stereocenters. The summed E-state index contributed by atoms with van der Waals surface area (Å²) in [4.78, 5) is 5.42. The summed E-state index contributed by atoms with van der Waals surface area (Å²) in [5, 5.41) is 0. The van der Waals surface area contributed by atoms with E-state index in [4.69, 9.17) is 9.47 Å². The molecule has 3 fully saturated rings. The Balaban J connectivity index is 1.55. The van der Waals surface area contributed by atoms with Crippen molar-refractivity contribution in [1.82, 2.24) is 9.80 Å². The number of piperidine rings is 1. The van der Waals surface area contributed by atoms with Crippen LogP contribution in [0.2, 0.25) is 0 Å². The van der Waals surface area contributed by atoms with E-state index in [9.17, 15) is 0 Å². The molecule has 3 rings (SSSR count). The van der Waals surface area contributed by atoms with Gasteiger partial charge in [0, 0.05) is 39.4 Å². The van der Waals surface area contributed by atoms with E-state index in [-0.39, 0.29) is 0 Å². The van der Waals surface area contributed by atoms with E-state index in [1.54, 1.807) is 7.11 Å². The summed E-state index contributed by atoms with van der Waals surface area (Å²) in [6, 6.07) is 1.50. The SMILES string of the molecule is COCCN1CC2(CCN(C3CCCC3)CC2)CC1COC. The molecule has 4 heteroatoms. The summed E-state index contributed by atoms with van der Waals surface area (Å²) in [5.41, 5.74) is 0.548. The van der Waals surface area contributed by atoms with Gasteiger partial charge in [-0.2, -0.15) is 0 Å². The second-order valence-corrected chi connectivity index (χ2v) is 7.75. The van der Waals surface area contributed by atoms with Gasteiger partial charge < -0.3 is 14.4 Å². The van der Waals surface area contributed by atoms with Gasteiger partial charge in [0.25, 0.3) is 0 Å². The van der Waals surface area contributed by atoms with Crippen LogP contribution in [0.25, 0.3) is 0 Å². The maximum atomic E-state index is 5.48. The highest BCUT2D eigenvalue weighted by molar-refractivity contribution is 4.99. The quantitative estimate of drug-likeness (QED) is 0.752. The van der Waals surface area contributed by atoms with Crippen molar-refractivity contribution in [3.05, 3.63) is 0 Å². The first-order valence-corrected chi connectivity index (χ1v) is 9.22. The lowest BCUT2D eigenvalue weighted by atomic mass is 9.76. The molecule has 0 aromatic rings. The zero-order valence-corrected chi connectivity index (χ0v) is 14.6. The summed E-state index contributed by atoms with van der Waals surface area (Å²) >= 11 is 0. The summed E-state index contributed by atoms with van der Waals surface area (Å²) in [6.45, 7) is 6.66. The molecule has 128 valence electrons. The molecule has 3 aliphatic rings. The van der Waals surface area contributed by atoms with Gasteiger partial charge in [-0.1, -0.05) is 12.8 Å². The third kappa shape index (κ3) is 3.66. The van der Waals surface area contributed by atoms with E-state index in [0.717, 1.165) is 25.8 Å². The Bertz CT molecular complexity index is 336. The fraction of sp³-hybridized carbons (Fsp3) is 1.00. The molecule has 1 aliphatic carbocycles. The van der Waals surface area contributed by atoms with Gasteiger partial charge in [0.15, 0.2) is 0 Å². The molecule has 1 saturated carbocycles. The van der Waals surface area contributed by atoms with Crippen LogP contribution in [-0.4, -0.2) is 75.5 Å². The lowest BCUT2D eigenvalue weighted by Gasteiger charge is -2.42. The Kier molecular flexibility index (Phi) is 5.77. The minimum atomic E-state index is 0.548. The molecule has 1 spiro atoms. The standard InChI is InChI=1S/C18H34N2O2/c1-21-12-11-20-15-18(13-17(20)14-22-2)7-9-19(10-8-18)16-5-3-4-6-16/h16-17H,3-15H2,1-2H3. The van der Waals surface area contributed by atoms with Crippen molar-refractivity contribution in [1.29, 1.82) is 0 Å². The molecule has 0 amide bonds. The Morgan fingerprint density at radius 1 is 1.05 bits per heavy atom. The minimum absolute atomic E-state index is 0.548. The van der Waals surface area contributed by atoms with E-state index in [1.807, 2.05) is 7.11 Å². The van der Waals surface area contributed by atoms with Gasteiger partial charge in [-0.3, -0.25) is 4.90 Å². The van der Waals surface area contributed by atoms with E-state index >= 15 is 0 Å². The van der Waals surface area contributed by atoms with Crippen LogP contribution in [0.15, 0.2) is 0 Å². The van der Waals surface area contributed by atoms with Crippen molar-refractivity contribution in [2.45, 2.75) is 57.0 Å². The van der Waals surface area contributed by atoms with Crippen molar-refractivity contribution in [2.75, 3.05) is 53.6 Å². The van der Waals surface area contributed by atoms with Gasteiger partial charge in [-0.25, -0.2) is 0 Å². The molecule has 22 heavy (non-hydrogen) atoms. The molecule has 2 saturated heterocycles. The van der Waals surface area contributed by atoms with Crippen molar-refractivity contribution in [3.8, 4) is 0 Å². The number of rotatable bonds is 6. The molecule has 0 aromatic heterocycles. The first kappa shape index (κ1) is 16.7. The zero-order valence-electron chi connectivity index (χ0n) is 14.6. The zero-order chi connectivity index (χ0) is 15.4. The van der Waals surface area contributed by atoms with E-state index < -0.39 is 0 Å². The average molecular weight is 310 g/mol. The fourth-order valence-electron chi connectivity index (χ4n) is 5.08. The Morgan fingerprint density at radius 3 is 2.41 bits per heavy atom. The molecule has 1 unspecified atom stereocenters. The third-order valence-corrected chi connectivity index (χ3v) is 6.37. The smallest absolute Gasteiger partial charge is 0.0618 e. The van der Waals surface area contributed by atoms with Crippen LogP contribution in [0.4, 0.5) is 0 Å². The van der Waals surface area contributed by atoms with Gasteiger partial charge in [0.1, 0.15) is 0 Å². The van der Waals surface area contributed by atoms with Crippen molar-refractivity contribution < 1.29 is 9.47 Å². The topological polar surface area (TPSA) is 24.9 Å². The van der Waals surface area contributed by atoms with Crippen LogP contribution in [0.1, 0.15) is 44.9 Å². The summed E-state index contributed by atoms with van der Waals surface area (Å²) in [6.07, 6.45) is 9.88. The van der Waals surface area contributed by atoms with Gasteiger partial charge in [0.05, 0.1) is 13.2 Å². The monoisotopic (exact) mass is 310 g/mol. The van der Waals surface area contributed by atoms with Crippen LogP contribution in [-0.2, 0) is 9.47 Å². The summed E-state index contributed by atoms with van der Waals surface area (Å²) in [5.74, 6) is 0. The highest BCUT2D eigenvalue weighted by atomic mass is 16.5. The van der Waals surface area contributed by atoms with Gasteiger partial charge in [-0.15, -0.1) is 0 Å². The third-order valence-electron chi connectivity index (χ3n) is 6.37. The normalized spacial score (nSPS) is 30.5. The van der Waals surface area contributed by atoms with Crippen LogP contribution < -0.4 is 0 Å². The molecule has 2 heterocycles. The molecule has 0 bridgehead atoms. The van der Waals surface area contributed by atoms with Gasteiger partial charge >= 0.3 is 0 Å². The van der Waals surface area contributed by atoms with Crippen molar-refractivity contribution in [2.24, 2.45) is 5.41 Å². The molecule has 0 N–H and O–H groups in total. The second kappa shape index (κ2) is 7.61. The van der Waals surface area contributed by atoms with Crippen molar-refractivity contribution >= 4 is 0 Å². The predicted molar refractivity (Wildman–Crippen MR) is 89.2 cm³/mol.